The third-order valence-electron chi connectivity index (χ3n) is 4.62. The van der Waals surface area contributed by atoms with Crippen molar-refractivity contribution in [1.29, 1.82) is 0 Å². The molecule has 0 atom stereocenters. The van der Waals surface area contributed by atoms with Crippen LogP contribution in [0, 0.1) is 13.8 Å². The van der Waals surface area contributed by atoms with Gasteiger partial charge in [-0.3, -0.25) is 4.72 Å². The number of nitrogens with one attached hydrogen (secondary N) is 1. The van der Waals surface area contributed by atoms with E-state index in [0.29, 0.717) is 10.6 Å². The molecular formula is C19H25N3O2S. The van der Waals surface area contributed by atoms with Gasteiger partial charge in [-0.05, 0) is 62.4 Å². The van der Waals surface area contributed by atoms with Gasteiger partial charge in [-0.15, -0.1) is 0 Å². The van der Waals surface area contributed by atoms with Gasteiger partial charge in [0.2, 0.25) is 0 Å². The molecule has 1 aliphatic rings. The largest absolute Gasteiger partial charge is 0.369 e. The van der Waals surface area contributed by atoms with Crippen LogP contribution in [-0.2, 0) is 10.0 Å². The summed E-state index contributed by atoms with van der Waals surface area (Å²) in [6.45, 7) is 7.77. The van der Waals surface area contributed by atoms with Crippen molar-refractivity contribution < 1.29 is 8.42 Å². The lowest BCUT2D eigenvalue weighted by Gasteiger charge is -2.34. The predicted molar refractivity (Wildman–Crippen MR) is 103 cm³/mol. The maximum absolute atomic E-state index is 12.7. The van der Waals surface area contributed by atoms with Gasteiger partial charge in [-0.2, -0.15) is 0 Å². The zero-order valence-corrected chi connectivity index (χ0v) is 15.8. The molecule has 1 aliphatic heterocycles. The van der Waals surface area contributed by atoms with E-state index in [1.165, 1.54) is 0 Å². The highest BCUT2D eigenvalue weighted by molar-refractivity contribution is 7.92. The molecule has 134 valence electrons. The molecule has 25 heavy (non-hydrogen) atoms. The van der Waals surface area contributed by atoms with Gasteiger partial charge in [0.05, 0.1) is 4.90 Å². The standard InChI is InChI=1S/C19H25N3O2S/c1-15-4-5-16(2)19(14-15)25(23,24)20-17-6-8-18(9-7-17)22-12-10-21(3)11-13-22/h4-9,14,20H,10-13H2,1-3H3. The van der Waals surface area contributed by atoms with Gasteiger partial charge in [0.15, 0.2) is 0 Å². The number of likely N-dealkylation sites (N-methyl/N-ethyl adjacent to an activating group) is 1. The number of benzene rings is 2. The van der Waals surface area contributed by atoms with E-state index in [2.05, 4.69) is 21.6 Å². The first kappa shape index (κ1) is 17.8. The summed E-state index contributed by atoms with van der Waals surface area (Å²) in [5, 5.41) is 0. The second-order valence-corrected chi connectivity index (χ2v) is 8.36. The van der Waals surface area contributed by atoms with Crippen LogP contribution in [0.5, 0.6) is 0 Å². The highest BCUT2D eigenvalue weighted by Gasteiger charge is 2.18. The number of hydrogen-bond donors (Lipinski definition) is 1. The monoisotopic (exact) mass is 359 g/mol. The van der Waals surface area contributed by atoms with E-state index in [4.69, 9.17) is 0 Å². The minimum absolute atomic E-state index is 0.329. The van der Waals surface area contributed by atoms with Gasteiger partial charge in [0, 0.05) is 37.6 Å². The van der Waals surface area contributed by atoms with Crippen molar-refractivity contribution in [3.63, 3.8) is 0 Å². The van der Waals surface area contributed by atoms with E-state index in [0.717, 1.165) is 43.0 Å². The summed E-state index contributed by atoms with van der Waals surface area (Å²) < 4.78 is 28.0. The Labute approximate surface area is 150 Å². The van der Waals surface area contributed by atoms with E-state index in [1.54, 1.807) is 6.07 Å². The van der Waals surface area contributed by atoms with E-state index >= 15 is 0 Å². The van der Waals surface area contributed by atoms with Crippen molar-refractivity contribution in [2.75, 3.05) is 42.8 Å². The summed E-state index contributed by atoms with van der Waals surface area (Å²) in [6.07, 6.45) is 0. The second kappa shape index (κ2) is 7.06. The molecule has 0 bridgehead atoms. The molecule has 0 amide bonds. The Morgan fingerprint density at radius 2 is 1.56 bits per heavy atom. The Kier molecular flexibility index (Phi) is 5.01. The number of anilines is 2. The van der Waals surface area contributed by atoms with E-state index in [-0.39, 0.29) is 0 Å². The van der Waals surface area contributed by atoms with E-state index < -0.39 is 10.0 Å². The molecule has 0 saturated carbocycles. The average Bonchev–Trinajstić information content (AvgIpc) is 2.58. The Bertz CT molecular complexity index is 839. The summed E-state index contributed by atoms with van der Waals surface area (Å²) in [5.74, 6) is 0. The maximum Gasteiger partial charge on any atom is 0.262 e. The van der Waals surface area contributed by atoms with Crippen LogP contribution < -0.4 is 9.62 Å². The van der Waals surface area contributed by atoms with E-state index in [9.17, 15) is 8.42 Å². The molecule has 0 spiro atoms. The van der Waals surface area contributed by atoms with Crippen molar-refractivity contribution in [3.8, 4) is 0 Å². The molecule has 1 saturated heterocycles. The molecule has 1 N–H and O–H groups in total. The quantitative estimate of drug-likeness (QED) is 0.912. The summed E-state index contributed by atoms with van der Waals surface area (Å²) >= 11 is 0. The van der Waals surface area contributed by atoms with Crippen LogP contribution in [0.4, 0.5) is 11.4 Å². The number of hydrogen-bond acceptors (Lipinski definition) is 4. The van der Waals surface area contributed by atoms with Crippen molar-refractivity contribution in [1.82, 2.24) is 4.90 Å². The molecule has 6 heteroatoms. The zero-order valence-electron chi connectivity index (χ0n) is 15.0. The topological polar surface area (TPSA) is 52.7 Å². The van der Waals surface area contributed by atoms with E-state index in [1.807, 2.05) is 50.2 Å². The number of piperazine rings is 1. The van der Waals surface area contributed by atoms with Crippen LogP contribution in [0.25, 0.3) is 0 Å². The van der Waals surface area contributed by atoms with Crippen molar-refractivity contribution in [2.45, 2.75) is 18.7 Å². The SMILES string of the molecule is Cc1ccc(C)c(S(=O)(=O)Nc2ccc(N3CCN(C)CC3)cc2)c1. The van der Waals surface area contributed by atoms with Gasteiger partial charge < -0.3 is 9.80 Å². The lowest BCUT2D eigenvalue weighted by molar-refractivity contribution is 0.313. The van der Waals surface area contributed by atoms with Gasteiger partial charge in [-0.1, -0.05) is 12.1 Å². The van der Waals surface area contributed by atoms with Gasteiger partial charge in [-0.25, -0.2) is 8.42 Å². The Morgan fingerprint density at radius 3 is 2.20 bits per heavy atom. The lowest BCUT2D eigenvalue weighted by Crippen LogP contribution is -2.44. The van der Waals surface area contributed by atoms with Crippen LogP contribution in [0.3, 0.4) is 0 Å². The molecule has 2 aromatic carbocycles. The summed E-state index contributed by atoms with van der Waals surface area (Å²) in [7, 11) is -1.45. The van der Waals surface area contributed by atoms with Crippen LogP contribution in [0.2, 0.25) is 0 Å². The Balaban J connectivity index is 1.75. The molecule has 0 radical (unpaired) electrons. The summed E-state index contributed by atoms with van der Waals surface area (Å²) in [4.78, 5) is 4.96. The normalized spacial score (nSPS) is 16.0. The molecule has 3 rings (SSSR count). The van der Waals surface area contributed by atoms with Crippen LogP contribution in [0.1, 0.15) is 11.1 Å². The number of rotatable bonds is 4. The Hall–Kier alpha value is -2.05. The molecular weight excluding hydrogens is 334 g/mol. The van der Waals surface area contributed by atoms with Crippen LogP contribution >= 0.6 is 0 Å². The predicted octanol–water partition coefficient (Wildman–Crippen LogP) is 2.86. The third kappa shape index (κ3) is 4.14. The number of nitrogens with zero attached hydrogens (tertiary/aromatic N) is 2. The second-order valence-electron chi connectivity index (χ2n) is 6.71. The van der Waals surface area contributed by atoms with Crippen molar-refractivity contribution in [3.05, 3.63) is 53.6 Å². The highest BCUT2D eigenvalue weighted by Crippen LogP contribution is 2.23. The first-order valence-corrected chi connectivity index (χ1v) is 9.97. The van der Waals surface area contributed by atoms with Gasteiger partial charge >= 0.3 is 0 Å². The molecule has 1 heterocycles. The molecule has 0 unspecified atom stereocenters. The fourth-order valence-electron chi connectivity index (χ4n) is 3.01. The smallest absolute Gasteiger partial charge is 0.262 e. The first-order chi connectivity index (χ1) is 11.8. The van der Waals surface area contributed by atoms with Crippen LogP contribution in [-0.4, -0.2) is 46.5 Å². The summed E-state index contributed by atoms with van der Waals surface area (Å²) in [5.41, 5.74) is 3.38. The van der Waals surface area contributed by atoms with Crippen molar-refractivity contribution in [2.24, 2.45) is 0 Å². The van der Waals surface area contributed by atoms with Crippen LogP contribution in [0.15, 0.2) is 47.4 Å². The fourth-order valence-corrected chi connectivity index (χ4v) is 4.40. The lowest BCUT2D eigenvalue weighted by atomic mass is 10.2. The van der Waals surface area contributed by atoms with Crippen molar-refractivity contribution >= 4 is 21.4 Å². The number of aryl methyl sites for hydroxylation is 2. The Morgan fingerprint density at radius 1 is 0.920 bits per heavy atom. The minimum Gasteiger partial charge on any atom is -0.369 e. The molecule has 2 aromatic rings. The molecule has 1 fully saturated rings. The molecule has 5 nitrogen and oxygen atoms in total. The minimum atomic E-state index is -3.58. The van der Waals surface area contributed by atoms with Gasteiger partial charge in [0.1, 0.15) is 0 Å². The number of sulfonamides is 1. The fraction of sp³-hybridized carbons (Fsp3) is 0.368. The first-order valence-electron chi connectivity index (χ1n) is 8.49. The third-order valence-corrected chi connectivity index (χ3v) is 6.14. The molecule has 0 aliphatic carbocycles. The summed E-state index contributed by atoms with van der Waals surface area (Å²) in [6, 6.07) is 13.1. The van der Waals surface area contributed by atoms with Gasteiger partial charge in [0.25, 0.3) is 10.0 Å². The maximum atomic E-state index is 12.7. The highest BCUT2D eigenvalue weighted by atomic mass is 32.2. The zero-order chi connectivity index (χ0) is 18.0. The molecule has 0 aromatic heterocycles. The average molecular weight is 359 g/mol.